The highest BCUT2D eigenvalue weighted by Crippen LogP contribution is 2.39. The second kappa shape index (κ2) is 7.69. The van der Waals surface area contributed by atoms with Crippen LogP contribution in [0, 0.1) is 0 Å². The summed E-state index contributed by atoms with van der Waals surface area (Å²) in [7, 11) is -3.61. The summed E-state index contributed by atoms with van der Waals surface area (Å²) in [6, 6.07) is 5.53. The molecule has 0 radical (unpaired) electrons. The molecular formula is C17H14Cl2N4O4S2. The Morgan fingerprint density at radius 3 is 2.69 bits per heavy atom. The van der Waals surface area contributed by atoms with E-state index in [0.717, 1.165) is 5.39 Å². The predicted molar refractivity (Wildman–Crippen MR) is 112 cm³/mol. The zero-order valence-electron chi connectivity index (χ0n) is 14.6. The molecule has 3 aromatic rings. The lowest BCUT2D eigenvalue weighted by molar-refractivity contribution is 0.209. The molecule has 0 bridgehead atoms. The van der Waals surface area contributed by atoms with E-state index in [2.05, 4.69) is 20.0 Å². The first-order valence-corrected chi connectivity index (χ1v) is 11.6. The van der Waals surface area contributed by atoms with Gasteiger partial charge in [0.1, 0.15) is 11.0 Å². The van der Waals surface area contributed by atoms with Crippen molar-refractivity contribution in [3.05, 3.63) is 51.2 Å². The standard InChI is InChI=1S/C17H14Cl2N4O4S2/c18-10-3-4-12(22-17(24)25)21-13(10)14(23-29(26,27)9-1-2-9)11-7-8-5-6-20-16(19)15(8)28-11/h3-7,9,14,23H,1-2H2,(H,21,22)(H,24,25). The van der Waals surface area contributed by atoms with Gasteiger partial charge in [-0.1, -0.05) is 23.2 Å². The summed E-state index contributed by atoms with van der Waals surface area (Å²) in [5.41, 5.74) is 0.192. The molecular weight excluding hydrogens is 459 g/mol. The summed E-state index contributed by atoms with van der Waals surface area (Å²) >= 11 is 13.8. The van der Waals surface area contributed by atoms with Crippen molar-refractivity contribution in [3.63, 3.8) is 0 Å². The monoisotopic (exact) mass is 472 g/mol. The van der Waals surface area contributed by atoms with Crippen LogP contribution in [0.1, 0.15) is 29.5 Å². The van der Waals surface area contributed by atoms with Gasteiger partial charge >= 0.3 is 6.09 Å². The molecule has 0 spiro atoms. The van der Waals surface area contributed by atoms with Crippen LogP contribution in [0.25, 0.3) is 10.1 Å². The molecule has 0 aliphatic heterocycles. The third-order valence-electron chi connectivity index (χ3n) is 4.32. The maximum atomic E-state index is 12.7. The highest BCUT2D eigenvalue weighted by atomic mass is 35.5. The Hall–Kier alpha value is -1.98. The van der Waals surface area contributed by atoms with Gasteiger partial charge in [0, 0.05) is 11.1 Å². The van der Waals surface area contributed by atoms with Crippen molar-refractivity contribution < 1.29 is 18.3 Å². The maximum Gasteiger partial charge on any atom is 0.410 e. The molecule has 1 aliphatic rings. The average Bonchev–Trinajstić information content (AvgIpc) is 3.42. The average molecular weight is 473 g/mol. The third-order valence-corrected chi connectivity index (χ3v) is 8.17. The summed E-state index contributed by atoms with van der Waals surface area (Å²) in [6.45, 7) is 0. The van der Waals surface area contributed by atoms with Crippen molar-refractivity contribution in [2.45, 2.75) is 24.1 Å². The maximum absolute atomic E-state index is 12.7. The van der Waals surface area contributed by atoms with E-state index in [1.54, 1.807) is 18.3 Å². The Morgan fingerprint density at radius 1 is 1.28 bits per heavy atom. The lowest BCUT2D eigenvalue weighted by Gasteiger charge is -2.19. The number of nitrogens with zero attached hydrogens (tertiary/aromatic N) is 2. The molecule has 1 fully saturated rings. The minimum Gasteiger partial charge on any atom is -0.465 e. The van der Waals surface area contributed by atoms with Crippen LogP contribution < -0.4 is 10.0 Å². The Kier molecular flexibility index (Phi) is 5.38. The summed E-state index contributed by atoms with van der Waals surface area (Å²) in [6.07, 6.45) is 1.45. The molecule has 8 nitrogen and oxygen atoms in total. The number of fused-ring (bicyclic) bond motifs is 1. The van der Waals surface area contributed by atoms with Crippen LogP contribution in [0.5, 0.6) is 0 Å². The van der Waals surface area contributed by atoms with E-state index in [1.807, 2.05) is 0 Å². The minimum absolute atomic E-state index is 0.0355. The van der Waals surface area contributed by atoms with E-state index in [-0.39, 0.29) is 16.5 Å². The van der Waals surface area contributed by atoms with Crippen LogP contribution in [-0.2, 0) is 10.0 Å². The molecule has 1 saturated carbocycles. The topological polar surface area (TPSA) is 121 Å². The van der Waals surface area contributed by atoms with Gasteiger partial charge < -0.3 is 5.11 Å². The number of carboxylic acid groups (broad SMARTS) is 1. The van der Waals surface area contributed by atoms with E-state index >= 15 is 0 Å². The van der Waals surface area contributed by atoms with E-state index < -0.39 is 27.4 Å². The zero-order chi connectivity index (χ0) is 20.8. The van der Waals surface area contributed by atoms with Gasteiger partial charge in [-0.05, 0) is 42.5 Å². The van der Waals surface area contributed by atoms with Gasteiger partial charge in [-0.2, -0.15) is 0 Å². The van der Waals surface area contributed by atoms with Crippen molar-refractivity contribution in [3.8, 4) is 0 Å². The van der Waals surface area contributed by atoms with Crippen LogP contribution >= 0.6 is 34.5 Å². The fourth-order valence-electron chi connectivity index (χ4n) is 2.82. The molecule has 29 heavy (non-hydrogen) atoms. The second-order valence-electron chi connectivity index (χ2n) is 6.46. The molecule has 1 unspecified atom stereocenters. The van der Waals surface area contributed by atoms with Crippen molar-refractivity contribution in [1.82, 2.24) is 14.7 Å². The normalized spacial score (nSPS) is 15.4. The number of amides is 1. The zero-order valence-corrected chi connectivity index (χ0v) is 17.7. The first-order chi connectivity index (χ1) is 13.7. The molecule has 0 saturated heterocycles. The molecule has 0 aromatic carbocycles. The van der Waals surface area contributed by atoms with Gasteiger partial charge in [0.25, 0.3) is 0 Å². The number of carbonyl (C=O) groups is 1. The molecule has 4 rings (SSSR count). The van der Waals surface area contributed by atoms with Gasteiger partial charge in [-0.25, -0.2) is 27.9 Å². The number of hydrogen-bond acceptors (Lipinski definition) is 6. The van der Waals surface area contributed by atoms with E-state index in [9.17, 15) is 13.2 Å². The van der Waals surface area contributed by atoms with Crippen LogP contribution in [0.4, 0.5) is 10.6 Å². The number of sulfonamides is 1. The second-order valence-corrected chi connectivity index (χ2v) is 10.3. The van der Waals surface area contributed by atoms with Gasteiger partial charge in [0.05, 0.1) is 26.7 Å². The number of thiophene rings is 1. The molecule has 3 N–H and O–H groups in total. The van der Waals surface area contributed by atoms with Gasteiger partial charge in [-0.3, -0.25) is 5.32 Å². The summed E-state index contributed by atoms with van der Waals surface area (Å²) in [5, 5.41) is 12.0. The van der Waals surface area contributed by atoms with Crippen molar-refractivity contribution in [2.75, 3.05) is 5.32 Å². The Balaban J connectivity index is 1.84. The number of rotatable bonds is 6. The Morgan fingerprint density at radius 2 is 2.03 bits per heavy atom. The molecule has 1 aliphatic carbocycles. The number of anilines is 1. The van der Waals surface area contributed by atoms with Crippen LogP contribution in [0.15, 0.2) is 30.5 Å². The van der Waals surface area contributed by atoms with E-state index in [0.29, 0.717) is 27.6 Å². The third kappa shape index (κ3) is 4.31. The SMILES string of the molecule is O=C(O)Nc1ccc(Cl)c(C(NS(=O)(=O)C2CC2)c2cc3ccnc(Cl)c3s2)n1. The predicted octanol–water partition coefficient (Wildman–Crippen LogP) is 4.26. The number of aromatic nitrogens is 2. The minimum atomic E-state index is -3.61. The van der Waals surface area contributed by atoms with Crippen LogP contribution in [0.2, 0.25) is 10.2 Å². The van der Waals surface area contributed by atoms with E-state index in [4.69, 9.17) is 28.3 Å². The Bertz CT molecular complexity index is 1210. The molecule has 3 heterocycles. The summed E-state index contributed by atoms with van der Waals surface area (Å²) in [4.78, 5) is 19.9. The fraction of sp³-hybridized carbons (Fsp3) is 0.235. The van der Waals surface area contributed by atoms with Crippen LogP contribution in [0.3, 0.4) is 0 Å². The lowest BCUT2D eigenvalue weighted by Crippen LogP contribution is -2.32. The number of nitrogens with one attached hydrogen (secondary N) is 2. The first-order valence-electron chi connectivity index (χ1n) is 8.46. The molecule has 152 valence electrons. The highest BCUT2D eigenvalue weighted by Gasteiger charge is 2.38. The molecule has 1 amide bonds. The summed E-state index contributed by atoms with van der Waals surface area (Å²) < 4.78 is 28.8. The van der Waals surface area contributed by atoms with Gasteiger partial charge in [-0.15, -0.1) is 11.3 Å². The number of hydrogen-bond donors (Lipinski definition) is 3. The highest BCUT2D eigenvalue weighted by molar-refractivity contribution is 7.90. The van der Waals surface area contributed by atoms with Crippen molar-refractivity contribution >= 4 is 66.6 Å². The lowest BCUT2D eigenvalue weighted by atomic mass is 10.1. The van der Waals surface area contributed by atoms with Crippen molar-refractivity contribution in [2.24, 2.45) is 0 Å². The van der Waals surface area contributed by atoms with Gasteiger partial charge in [0.2, 0.25) is 10.0 Å². The largest absolute Gasteiger partial charge is 0.465 e. The smallest absolute Gasteiger partial charge is 0.410 e. The van der Waals surface area contributed by atoms with Crippen LogP contribution in [-0.4, -0.2) is 34.8 Å². The summed E-state index contributed by atoms with van der Waals surface area (Å²) in [5.74, 6) is 0.0355. The first kappa shape index (κ1) is 20.3. The quantitative estimate of drug-likeness (QED) is 0.460. The molecule has 3 aromatic heterocycles. The Labute approximate surface area is 179 Å². The van der Waals surface area contributed by atoms with Gasteiger partial charge in [0.15, 0.2) is 0 Å². The van der Waals surface area contributed by atoms with Crippen molar-refractivity contribution in [1.29, 1.82) is 0 Å². The molecule has 1 atom stereocenters. The number of halogens is 2. The molecule has 12 heteroatoms. The number of pyridine rings is 2. The van der Waals surface area contributed by atoms with E-state index in [1.165, 1.54) is 23.5 Å². The fourth-order valence-corrected chi connectivity index (χ4v) is 6.00.